The molecule has 2 aromatic rings. The largest absolute Gasteiger partial charge is 0.508 e. The highest BCUT2D eigenvalue weighted by Gasteiger charge is 2.05. The third kappa shape index (κ3) is 4.22. The van der Waals surface area contributed by atoms with Gasteiger partial charge in [-0.1, -0.05) is 53.6 Å². The number of benzene rings is 2. The van der Waals surface area contributed by atoms with Crippen molar-refractivity contribution in [3.63, 3.8) is 0 Å². The zero-order valence-corrected chi connectivity index (χ0v) is 13.2. The first-order valence-corrected chi connectivity index (χ1v) is 7.56. The van der Waals surface area contributed by atoms with Gasteiger partial charge in [0.15, 0.2) is 0 Å². The van der Waals surface area contributed by atoms with E-state index in [1.807, 2.05) is 18.2 Å². The molecule has 1 heteroatoms. The maximum absolute atomic E-state index is 10.1. The summed E-state index contributed by atoms with van der Waals surface area (Å²) in [6.45, 7) is 6.43. The van der Waals surface area contributed by atoms with Crippen LogP contribution in [0.15, 0.2) is 59.7 Å². The highest BCUT2D eigenvalue weighted by Crippen LogP contribution is 2.28. The second kappa shape index (κ2) is 7.12. The molecule has 0 unspecified atom stereocenters. The van der Waals surface area contributed by atoms with Crippen molar-refractivity contribution in [2.45, 2.75) is 40.0 Å². The SMILES string of the molecule is CC(C)=CCCC(C)=CCc1c(O)ccc2ccccc12. The van der Waals surface area contributed by atoms with Crippen LogP contribution in [-0.2, 0) is 6.42 Å². The van der Waals surface area contributed by atoms with Gasteiger partial charge < -0.3 is 5.11 Å². The summed E-state index contributed by atoms with van der Waals surface area (Å²) in [7, 11) is 0. The monoisotopic (exact) mass is 280 g/mol. The zero-order valence-electron chi connectivity index (χ0n) is 13.2. The normalized spacial score (nSPS) is 11.7. The first-order valence-electron chi connectivity index (χ1n) is 7.56. The van der Waals surface area contributed by atoms with E-state index in [4.69, 9.17) is 0 Å². The average Bonchev–Trinajstić information content (AvgIpc) is 2.46. The van der Waals surface area contributed by atoms with Crippen LogP contribution in [0.3, 0.4) is 0 Å². The van der Waals surface area contributed by atoms with Gasteiger partial charge in [0.05, 0.1) is 0 Å². The summed E-state index contributed by atoms with van der Waals surface area (Å²) in [5.41, 5.74) is 3.77. The lowest BCUT2D eigenvalue weighted by molar-refractivity contribution is 0.471. The van der Waals surface area contributed by atoms with Crippen LogP contribution in [0.2, 0.25) is 0 Å². The standard InChI is InChI=1S/C20H24O/c1-15(2)7-6-8-16(3)11-13-19-18-10-5-4-9-17(18)12-14-20(19)21/h4-5,7,9-12,14,21H,6,8,13H2,1-3H3. The van der Waals surface area contributed by atoms with Crippen molar-refractivity contribution in [1.82, 2.24) is 0 Å². The molecule has 0 bridgehead atoms. The van der Waals surface area contributed by atoms with E-state index in [1.165, 1.54) is 16.5 Å². The number of hydrogen-bond acceptors (Lipinski definition) is 1. The average molecular weight is 280 g/mol. The molecule has 1 nitrogen and oxygen atoms in total. The third-order valence-electron chi connectivity index (χ3n) is 3.76. The van der Waals surface area contributed by atoms with E-state index in [-0.39, 0.29) is 0 Å². The molecule has 0 radical (unpaired) electrons. The van der Waals surface area contributed by atoms with Crippen molar-refractivity contribution in [2.75, 3.05) is 0 Å². The molecule has 0 atom stereocenters. The fourth-order valence-electron chi connectivity index (χ4n) is 2.51. The molecule has 0 spiro atoms. The quantitative estimate of drug-likeness (QED) is 0.688. The van der Waals surface area contributed by atoms with Gasteiger partial charge in [0.25, 0.3) is 0 Å². The van der Waals surface area contributed by atoms with Gasteiger partial charge in [-0.2, -0.15) is 0 Å². The van der Waals surface area contributed by atoms with E-state index >= 15 is 0 Å². The number of phenols is 1. The molecule has 0 saturated carbocycles. The Bertz CT molecular complexity index is 673. The van der Waals surface area contributed by atoms with Crippen LogP contribution in [0, 0.1) is 0 Å². The molecule has 0 heterocycles. The summed E-state index contributed by atoms with van der Waals surface area (Å²) < 4.78 is 0. The number of rotatable bonds is 5. The topological polar surface area (TPSA) is 20.2 Å². The maximum atomic E-state index is 10.1. The second-order valence-electron chi connectivity index (χ2n) is 5.86. The molecule has 1 N–H and O–H groups in total. The van der Waals surface area contributed by atoms with Crippen LogP contribution in [-0.4, -0.2) is 5.11 Å². The lowest BCUT2D eigenvalue weighted by atomic mass is 9.99. The predicted octanol–water partition coefficient (Wildman–Crippen LogP) is 5.78. The minimum absolute atomic E-state index is 0.391. The Hall–Kier alpha value is -2.02. The molecule has 0 aromatic heterocycles. The Morgan fingerprint density at radius 2 is 1.76 bits per heavy atom. The molecule has 0 saturated heterocycles. The molecule has 0 aliphatic rings. The van der Waals surface area contributed by atoms with E-state index in [1.54, 1.807) is 6.07 Å². The van der Waals surface area contributed by atoms with Crippen LogP contribution in [0.25, 0.3) is 10.8 Å². The van der Waals surface area contributed by atoms with Crippen LogP contribution < -0.4 is 0 Å². The van der Waals surface area contributed by atoms with Crippen LogP contribution >= 0.6 is 0 Å². The van der Waals surface area contributed by atoms with Gasteiger partial charge in [-0.15, -0.1) is 0 Å². The van der Waals surface area contributed by atoms with E-state index < -0.39 is 0 Å². The lowest BCUT2D eigenvalue weighted by Crippen LogP contribution is -1.88. The fraction of sp³-hybridized carbons (Fsp3) is 0.300. The van der Waals surface area contributed by atoms with Crippen molar-refractivity contribution >= 4 is 10.8 Å². The Kier molecular flexibility index (Phi) is 5.21. The minimum atomic E-state index is 0.391. The molecule has 0 aliphatic heterocycles. The molecule has 0 fully saturated rings. The van der Waals surface area contributed by atoms with Gasteiger partial charge in [-0.05, 0) is 56.9 Å². The second-order valence-corrected chi connectivity index (χ2v) is 5.86. The number of phenolic OH excluding ortho intramolecular Hbond substituents is 1. The van der Waals surface area contributed by atoms with Gasteiger partial charge >= 0.3 is 0 Å². The van der Waals surface area contributed by atoms with Crippen LogP contribution in [0.5, 0.6) is 5.75 Å². The summed E-state index contributed by atoms with van der Waals surface area (Å²) >= 11 is 0. The van der Waals surface area contributed by atoms with Crippen molar-refractivity contribution in [2.24, 2.45) is 0 Å². The van der Waals surface area contributed by atoms with Gasteiger partial charge in [0.1, 0.15) is 5.75 Å². The predicted molar refractivity (Wildman–Crippen MR) is 91.7 cm³/mol. The van der Waals surface area contributed by atoms with Crippen molar-refractivity contribution in [3.05, 3.63) is 65.3 Å². The summed E-state index contributed by atoms with van der Waals surface area (Å²) in [5.74, 6) is 0.391. The summed E-state index contributed by atoms with van der Waals surface area (Å²) in [6.07, 6.45) is 7.46. The van der Waals surface area contributed by atoms with Crippen molar-refractivity contribution in [1.29, 1.82) is 0 Å². The van der Waals surface area contributed by atoms with E-state index in [2.05, 4.69) is 45.1 Å². The van der Waals surface area contributed by atoms with Crippen molar-refractivity contribution < 1.29 is 5.11 Å². The smallest absolute Gasteiger partial charge is 0.119 e. The minimum Gasteiger partial charge on any atom is -0.508 e. The van der Waals surface area contributed by atoms with Gasteiger partial charge in [-0.3, -0.25) is 0 Å². The summed E-state index contributed by atoms with van der Waals surface area (Å²) in [4.78, 5) is 0. The number of allylic oxidation sites excluding steroid dienone is 4. The molecular weight excluding hydrogens is 256 g/mol. The van der Waals surface area contributed by atoms with Crippen molar-refractivity contribution in [3.8, 4) is 5.75 Å². The maximum Gasteiger partial charge on any atom is 0.119 e. The molecule has 0 amide bonds. The Balaban J connectivity index is 2.16. The molecule has 21 heavy (non-hydrogen) atoms. The third-order valence-corrected chi connectivity index (χ3v) is 3.76. The van der Waals surface area contributed by atoms with Crippen LogP contribution in [0.4, 0.5) is 0 Å². The first-order chi connectivity index (χ1) is 10.1. The number of aromatic hydroxyl groups is 1. The molecule has 0 aliphatic carbocycles. The fourth-order valence-corrected chi connectivity index (χ4v) is 2.51. The Morgan fingerprint density at radius 1 is 1.00 bits per heavy atom. The van der Waals surface area contributed by atoms with Crippen LogP contribution in [0.1, 0.15) is 39.2 Å². The number of hydrogen-bond donors (Lipinski definition) is 1. The van der Waals surface area contributed by atoms with Gasteiger partial charge in [-0.25, -0.2) is 0 Å². The zero-order chi connectivity index (χ0) is 15.2. The summed E-state index contributed by atoms with van der Waals surface area (Å²) in [6, 6.07) is 12.0. The molecule has 2 rings (SSSR count). The molecular formula is C20H24O. The lowest BCUT2D eigenvalue weighted by Gasteiger charge is -2.08. The van der Waals surface area contributed by atoms with E-state index in [0.29, 0.717) is 5.75 Å². The van der Waals surface area contributed by atoms with E-state index in [0.717, 1.165) is 30.2 Å². The summed E-state index contributed by atoms with van der Waals surface area (Å²) in [5, 5.41) is 12.5. The van der Waals surface area contributed by atoms with Gasteiger partial charge in [0, 0.05) is 5.56 Å². The number of fused-ring (bicyclic) bond motifs is 1. The Labute approximate surface area is 127 Å². The molecule has 110 valence electrons. The first kappa shape index (κ1) is 15.4. The van der Waals surface area contributed by atoms with E-state index in [9.17, 15) is 5.11 Å². The van der Waals surface area contributed by atoms with Gasteiger partial charge in [0.2, 0.25) is 0 Å². The Morgan fingerprint density at radius 3 is 2.52 bits per heavy atom. The highest BCUT2D eigenvalue weighted by molar-refractivity contribution is 5.87. The molecule has 2 aromatic carbocycles. The highest BCUT2D eigenvalue weighted by atomic mass is 16.3.